The van der Waals surface area contributed by atoms with Gasteiger partial charge in [0.05, 0.1) is 11.8 Å². The number of likely N-dealkylation sites (tertiary alicyclic amines) is 1. The van der Waals surface area contributed by atoms with Gasteiger partial charge in [-0.05, 0) is 30.6 Å². The summed E-state index contributed by atoms with van der Waals surface area (Å²) in [6.45, 7) is 0.979. The van der Waals surface area contributed by atoms with E-state index in [1.807, 2.05) is 0 Å². The minimum Gasteiger partial charge on any atom is -0.481 e. The molecule has 0 spiro atoms. The van der Waals surface area contributed by atoms with Crippen LogP contribution in [-0.4, -0.2) is 40.9 Å². The number of alkyl halides is 2. The predicted molar refractivity (Wildman–Crippen MR) is 64.0 cm³/mol. The highest BCUT2D eigenvalue weighted by molar-refractivity contribution is 5.83. The zero-order chi connectivity index (χ0) is 14.2. The maximum absolute atomic E-state index is 13.6. The van der Waals surface area contributed by atoms with Crippen molar-refractivity contribution in [1.29, 1.82) is 0 Å². The van der Waals surface area contributed by atoms with Crippen LogP contribution in [0.15, 0.2) is 0 Å². The van der Waals surface area contributed by atoms with Gasteiger partial charge in [-0.15, -0.1) is 0 Å². The standard InChI is InChI=1S/C14H17F2NO3/c15-14(16)3-1-7-10(11(7)14)12(18)17-4-2-6-8(5-17)9(6)13(19)20/h6-11H,1-5H2,(H,19,20)/t6-,7+,8+,9-,10-,11+/m1/s1. The van der Waals surface area contributed by atoms with Gasteiger partial charge in [0.25, 0.3) is 5.92 Å². The molecule has 4 nitrogen and oxygen atoms in total. The Hall–Kier alpha value is -1.20. The number of carboxylic acid groups (broad SMARTS) is 1. The van der Waals surface area contributed by atoms with Gasteiger partial charge >= 0.3 is 5.97 Å². The number of hydrogen-bond donors (Lipinski definition) is 1. The molecule has 1 aliphatic heterocycles. The molecule has 1 N–H and O–H groups in total. The molecule has 6 atom stereocenters. The number of carbonyl (C=O) groups is 2. The summed E-state index contributed by atoms with van der Waals surface area (Å²) < 4.78 is 27.1. The molecule has 4 rings (SSSR count). The van der Waals surface area contributed by atoms with Crippen molar-refractivity contribution in [3.8, 4) is 0 Å². The molecule has 0 bridgehead atoms. The number of carboxylic acids is 1. The molecule has 1 saturated heterocycles. The highest BCUT2D eigenvalue weighted by Crippen LogP contribution is 2.65. The third-order valence-electron chi connectivity index (χ3n) is 5.84. The summed E-state index contributed by atoms with van der Waals surface area (Å²) in [6, 6.07) is 0. The van der Waals surface area contributed by atoms with E-state index in [0.717, 1.165) is 0 Å². The fourth-order valence-corrected chi connectivity index (χ4v) is 4.69. The number of hydrogen-bond acceptors (Lipinski definition) is 2. The summed E-state index contributed by atoms with van der Waals surface area (Å²) in [5.41, 5.74) is 0. The van der Waals surface area contributed by atoms with Gasteiger partial charge in [0, 0.05) is 25.4 Å². The first kappa shape index (κ1) is 12.5. The molecule has 0 aromatic rings. The van der Waals surface area contributed by atoms with Crippen molar-refractivity contribution in [2.45, 2.75) is 25.2 Å². The fraction of sp³-hybridized carbons (Fsp3) is 0.857. The van der Waals surface area contributed by atoms with Gasteiger partial charge in [0.2, 0.25) is 5.91 Å². The lowest BCUT2D eigenvalue weighted by Crippen LogP contribution is -2.39. The van der Waals surface area contributed by atoms with Crippen LogP contribution in [0.5, 0.6) is 0 Å². The number of aliphatic carboxylic acids is 1. The molecule has 1 amide bonds. The molecule has 0 unspecified atom stereocenters. The van der Waals surface area contributed by atoms with Gasteiger partial charge in [-0.3, -0.25) is 9.59 Å². The van der Waals surface area contributed by atoms with Crippen LogP contribution >= 0.6 is 0 Å². The molecular weight excluding hydrogens is 268 g/mol. The van der Waals surface area contributed by atoms with E-state index in [9.17, 15) is 18.4 Å². The number of nitrogens with zero attached hydrogens (tertiary/aromatic N) is 1. The van der Waals surface area contributed by atoms with Crippen LogP contribution in [-0.2, 0) is 9.59 Å². The number of fused-ring (bicyclic) bond motifs is 2. The Morgan fingerprint density at radius 2 is 1.85 bits per heavy atom. The van der Waals surface area contributed by atoms with Gasteiger partial charge < -0.3 is 10.0 Å². The number of rotatable bonds is 2. The molecule has 6 heteroatoms. The third kappa shape index (κ3) is 1.56. The van der Waals surface area contributed by atoms with Crippen LogP contribution in [0.4, 0.5) is 8.78 Å². The van der Waals surface area contributed by atoms with E-state index < -0.39 is 23.7 Å². The second-order valence-corrected chi connectivity index (χ2v) is 6.78. The van der Waals surface area contributed by atoms with Crippen LogP contribution < -0.4 is 0 Å². The Morgan fingerprint density at radius 3 is 2.45 bits per heavy atom. The Kier molecular flexibility index (Phi) is 2.32. The van der Waals surface area contributed by atoms with Crippen molar-refractivity contribution >= 4 is 11.9 Å². The summed E-state index contributed by atoms with van der Waals surface area (Å²) >= 11 is 0. The van der Waals surface area contributed by atoms with Gasteiger partial charge in [-0.1, -0.05) is 0 Å². The maximum Gasteiger partial charge on any atom is 0.307 e. The SMILES string of the molecule is O=C(O)[C@@H]1[C@@H]2CCN(C(=O)[C@@H]3[C@@H]4CCC(F)(F)[C@@H]43)C[C@@H]21. The van der Waals surface area contributed by atoms with Gasteiger partial charge in [-0.2, -0.15) is 0 Å². The minimum atomic E-state index is -2.67. The fourth-order valence-electron chi connectivity index (χ4n) is 4.69. The predicted octanol–water partition coefficient (Wildman–Crippen LogP) is 1.46. The van der Waals surface area contributed by atoms with Crippen molar-refractivity contribution in [2.75, 3.05) is 13.1 Å². The molecule has 3 saturated carbocycles. The first-order valence-corrected chi connectivity index (χ1v) is 7.31. The minimum absolute atomic E-state index is 0.0456. The Bertz CT molecular complexity index is 495. The summed E-state index contributed by atoms with van der Waals surface area (Å²) in [4.78, 5) is 25.0. The molecule has 4 fully saturated rings. The topological polar surface area (TPSA) is 57.6 Å². The number of piperidine rings is 1. The summed E-state index contributed by atoms with van der Waals surface area (Å²) in [5, 5.41) is 9.03. The molecule has 0 aromatic heterocycles. The lowest BCUT2D eigenvalue weighted by Gasteiger charge is -2.27. The van der Waals surface area contributed by atoms with E-state index in [1.54, 1.807) is 4.90 Å². The number of halogens is 2. The van der Waals surface area contributed by atoms with E-state index >= 15 is 0 Å². The molecule has 0 aromatic carbocycles. The molecule has 20 heavy (non-hydrogen) atoms. The van der Waals surface area contributed by atoms with E-state index in [-0.39, 0.29) is 36.0 Å². The van der Waals surface area contributed by atoms with Crippen molar-refractivity contribution in [2.24, 2.45) is 35.5 Å². The van der Waals surface area contributed by atoms with Gasteiger partial charge in [-0.25, -0.2) is 8.78 Å². The first-order valence-electron chi connectivity index (χ1n) is 7.31. The second-order valence-electron chi connectivity index (χ2n) is 6.78. The average molecular weight is 285 g/mol. The van der Waals surface area contributed by atoms with Crippen LogP contribution in [0.3, 0.4) is 0 Å². The van der Waals surface area contributed by atoms with Crippen molar-refractivity contribution in [3.05, 3.63) is 0 Å². The zero-order valence-electron chi connectivity index (χ0n) is 11.0. The summed E-state index contributed by atoms with van der Waals surface area (Å²) in [5.74, 6) is -5.09. The van der Waals surface area contributed by atoms with Crippen LogP contribution in [0.1, 0.15) is 19.3 Å². The normalized spacial score (nSPS) is 47.4. The van der Waals surface area contributed by atoms with E-state index in [4.69, 9.17) is 5.11 Å². The monoisotopic (exact) mass is 285 g/mol. The molecule has 0 radical (unpaired) electrons. The highest BCUT2D eigenvalue weighted by Gasteiger charge is 2.71. The Labute approximate surface area is 115 Å². The lowest BCUT2D eigenvalue weighted by atomic mass is 10.1. The van der Waals surface area contributed by atoms with Crippen molar-refractivity contribution in [1.82, 2.24) is 4.90 Å². The Morgan fingerprint density at radius 1 is 1.10 bits per heavy atom. The van der Waals surface area contributed by atoms with Gasteiger partial charge in [0.15, 0.2) is 0 Å². The van der Waals surface area contributed by atoms with Gasteiger partial charge in [0.1, 0.15) is 0 Å². The molecule has 4 aliphatic rings. The van der Waals surface area contributed by atoms with Crippen molar-refractivity contribution < 1.29 is 23.5 Å². The molecule has 1 heterocycles. The largest absolute Gasteiger partial charge is 0.481 e. The number of carbonyl (C=O) groups excluding carboxylic acids is 1. The molecular formula is C14H17F2NO3. The first-order chi connectivity index (χ1) is 9.42. The maximum atomic E-state index is 13.6. The lowest BCUT2D eigenvalue weighted by molar-refractivity contribution is -0.139. The van der Waals surface area contributed by atoms with Crippen LogP contribution in [0, 0.1) is 35.5 Å². The molecule has 3 aliphatic carbocycles. The highest BCUT2D eigenvalue weighted by atomic mass is 19.3. The van der Waals surface area contributed by atoms with Crippen LogP contribution in [0.25, 0.3) is 0 Å². The van der Waals surface area contributed by atoms with Crippen molar-refractivity contribution in [3.63, 3.8) is 0 Å². The third-order valence-corrected chi connectivity index (χ3v) is 5.84. The molecule has 110 valence electrons. The summed E-state index contributed by atoms with van der Waals surface area (Å²) in [6.07, 6.45) is 1.06. The van der Waals surface area contributed by atoms with E-state index in [0.29, 0.717) is 25.9 Å². The summed E-state index contributed by atoms with van der Waals surface area (Å²) in [7, 11) is 0. The van der Waals surface area contributed by atoms with E-state index in [1.165, 1.54) is 0 Å². The van der Waals surface area contributed by atoms with E-state index in [2.05, 4.69) is 0 Å². The smallest absolute Gasteiger partial charge is 0.307 e. The average Bonchev–Trinajstić information content (AvgIpc) is 3.25. The quantitative estimate of drug-likeness (QED) is 0.835. The number of amides is 1. The second kappa shape index (κ2) is 3.71. The van der Waals surface area contributed by atoms with Crippen LogP contribution in [0.2, 0.25) is 0 Å². The Balaban J connectivity index is 1.41. The zero-order valence-corrected chi connectivity index (χ0v) is 11.0.